The lowest BCUT2D eigenvalue weighted by atomic mass is 10.0. The highest BCUT2D eigenvalue weighted by atomic mass is 35.5. The van der Waals surface area contributed by atoms with Gasteiger partial charge in [0.05, 0.1) is 16.2 Å². The molecule has 1 aromatic heterocycles. The molecule has 4 heteroatoms. The summed E-state index contributed by atoms with van der Waals surface area (Å²) >= 11 is 12.1. The number of aldehydes is 1. The van der Waals surface area contributed by atoms with E-state index in [1.807, 2.05) is 30.3 Å². The van der Waals surface area contributed by atoms with Gasteiger partial charge in [-0.05, 0) is 30.3 Å². The molecule has 0 amide bonds. The second-order valence-corrected chi connectivity index (χ2v) is 5.20. The Bertz CT molecular complexity index is 815. The molecule has 0 radical (unpaired) electrons. The van der Waals surface area contributed by atoms with E-state index in [0.717, 1.165) is 17.2 Å². The van der Waals surface area contributed by atoms with E-state index in [-0.39, 0.29) is 0 Å². The zero-order valence-corrected chi connectivity index (χ0v) is 11.8. The topological polar surface area (TPSA) is 30.0 Å². The standard InChI is InChI=1S/C16H9Cl2NO/c17-12-5-6-13(14(18)8-12)16-11(9-20)7-10-3-1-2-4-15(10)19-16/h1-9H. The molecule has 2 aromatic carbocycles. The smallest absolute Gasteiger partial charge is 0.152 e. The van der Waals surface area contributed by atoms with E-state index in [0.29, 0.717) is 26.9 Å². The zero-order valence-electron chi connectivity index (χ0n) is 10.3. The van der Waals surface area contributed by atoms with Crippen molar-refractivity contribution < 1.29 is 4.79 Å². The van der Waals surface area contributed by atoms with Gasteiger partial charge >= 0.3 is 0 Å². The first kappa shape index (κ1) is 13.1. The Hall–Kier alpha value is -1.90. The number of fused-ring (bicyclic) bond motifs is 1. The number of hydrogen-bond donors (Lipinski definition) is 0. The first-order valence-corrected chi connectivity index (χ1v) is 6.75. The van der Waals surface area contributed by atoms with E-state index in [4.69, 9.17) is 23.2 Å². The number of halogens is 2. The monoisotopic (exact) mass is 301 g/mol. The SMILES string of the molecule is O=Cc1cc2ccccc2nc1-c1ccc(Cl)cc1Cl. The number of hydrogen-bond acceptors (Lipinski definition) is 2. The van der Waals surface area contributed by atoms with Crippen LogP contribution in [0.1, 0.15) is 10.4 Å². The highest BCUT2D eigenvalue weighted by molar-refractivity contribution is 6.36. The van der Waals surface area contributed by atoms with Gasteiger partial charge in [0.2, 0.25) is 0 Å². The van der Waals surface area contributed by atoms with E-state index in [1.54, 1.807) is 18.2 Å². The lowest BCUT2D eigenvalue weighted by Gasteiger charge is -2.08. The van der Waals surface area contributed by atoms with Crippen molar-refractivity contribution in [3.8, 4) is 11.3 Å². The molecule has 0 aliphatic carbocycles. The van der Waals surface area contributed by atoms with E-state index in [1.165, 1.54) is 0 Å². The largest absolute Gasteiger partial charge is 0.298 e. The molecule has 3 rings (SSSR count). The number of pyridine rings is 1. The summed E-state index contributed by atoms with van der Waals surface area (Å²) in [6.45, 7) is 0. The Morgan fingerprint density at radius 2 is 1.80 bits per heavy atom. The van der Waals surface area contributed by atoms with Crippen molar-refractivity contribution in [1.82, 2.24) is 4.98 Å². The third-order valence-electron chi connectivity index (χ3n) is 3.07. The van der Waals surface area contributed by atoms with Crippen LogP contribution in [0.5, 0.6) is 0 Å². The molecule has 0 saturated heterocycles. The van der Waals surface area contributed by atoms with Crippen LogP contribution in [0.25, 0.3) is 22.2 Å². The lowest BCUT2D eigenvalue weighted by Crippen LogP contribution is -1.94. The van der Waals surface area contributed by atoms with Crippen molar-refractivity contribution in [3.63, 3.8) is 0 Å². The van der Waals surface area contributed by atoms with E-state index >= 15 is 0 Å². The van der Waals surface area contributed by atoms with Crippen LogP contribution in [0.2, 0.25) is 10.0 Å². The molecule has 2 nitrogen and oxygen atoms in total. The predicted molar refractivity (Wildman–Crippen MR) is 82.6 cm³/mol. The maximum Gasteiger partial charge on any atom is 0.152 e. The van der Waals surface area contributed by atoms with Crippen LogP contribution in [-0.4, -0.2) is 11.3 Å². The van der Waals surface area contributed by atoms with Crippen molar-refractivity contribution >= 4 is 40.4 Å². The van der Waals surface area contributed by atoms with Crippen LogP contribution in [0.15, 0.2) is 48.5 Å². The van der Waals surface area contributed by atoms with Crippen LogP contribution < -0.4 is 0 Å². The van der Waals surface area contributed by atoms with Crippen molar-refractivity contribution in [2.24, 2.45) is 0 Å². The number of nitrogens with zero attached hydrogens (tertiary/aromatic N) is 1. The Morgan fingerprint density at radius 3 is 2.55 bits per heavy atom. The number of para-hydroxylation sites is 1. The van der Waals surface area contributed by atoms with Gasteiger partial charge in [-0.15, -0.1) is 0 Å². The molecule has 98 valence electrons. The number of carbonyl (C=O) groups excluding carboxylic acids is 1. The summed E-state index contributed by atoms with van der Waals surface area (Å²) in [6, 6.07) is 14.6. The highest BCUT2D eigenvalue weighted by Gasteiger charge is 2.12. The summed E-state index contributed by atoms with van der Waals surface area (Å²) in [7, 11) is 0. The first-order valence-electron chi connectivity index (χ1n) is 5.99. The average molecular weight is 302 g/mol. The molecule has 3 aromatic rings. The summed E-state index contributed by atoms with van der Waals surface area (Å²) in [5, 5.41) is 1.94. The van der Waals surface area contributed by atoms with Crippen LogP contribution in [-0.2, 0) is 0 Å². The van der Waals surface area contributed by atoms with Crippen molar-refractivity contribution in [3.05, 3.63) is 64.1 Å². The molecule has 0 fully saturated rings. The van der Waals surface area contributed by atoms with Gasteiger partial charge in [0, 0.05) is 21.5 Å². The Morgan fingerprint density at radius 1 is 1.00 bits per heavy atom. The molecule has 0 bridgehead atoms. The summed E-state index contributed by atoms with van der Waals surface area (Å²) in [5.74, 6) is 0. The number of rotatable bonds is 2. The van der Waals surface area contributed by atoms with Gasteiger partial charge in [-0.2, -0.15) is 0 Å². The summed E-state index contributed by atoms with van der Waals surface area (Å²) in [5.41, 5.74) is 2.59. The van der Waals surface area contributed by atoms with E-state index in [9.17, 15) is 4.79 Å². The maximum absolute atomic E-state index is 11.3. The van der Waals surface area contributed by atoms with Gasteiger partial charge in [-0.3, -0.25) is 4.79 Å². The van der Waals surface area contributed by atoms with Gasteiger partial charge in [0.25, 0.3) is 0 Å². The Labute approximate surface area is 126 Å². The van der Waals surface area contributed by atoms with Crippen molar-refractivity contribution in [1.29, 1.82) is 0 Å². The normalized spacial score (nSPS) is 10.7. The Kier molecular flexibility index (Phi) is 3.43. The third-order valence-corrected chi connectivity index (χ3v) is 3.61. The molecule has 1 heterocycles. The summed E-state index contributed by atoms with van der Waals surface area (Å²) in [4.78, 5) is 15.9. The van der Waals surface area contributed by atoms with Crippen molar-refractivity contribution in [2.75, 3.05) is 0 Å². The number of carbonyl (C=O) groups is 1. The highest BCUT2D eigenvalue weighted by Crippen LogP contribution is 2.32. The molecule has 0 N–H and O–H groups in total. The van der Waals surface area contributed by atoms with Gasteiger partial charge in [-0.1, -0.05) is 41.4 Å². The fourth-order valence-corrected chi connectivity index (χ4v) is 2.62. The second kappa shape index (κ2) is 5.23. The summed E-state index contributed by atoms with van der Waals surface area (Å²) in [6.07, 6.45) is 0.791. The minimum Gasteiger partial charge on any atom is -0.298 e. The fraction of sp³-hybridized carbons (Fsp3) is 0. The second-order valence-electron chi connectivity index (χ2n) is 4.36. The molecule has 0 spiro atoms. The van der Waals surface area contributed by atoms with Crippen LogP contribution in [0.3, 0.4) is 0 Å². The minimum atomic E-state index is 0.475. The minimum absolute atomic E-state index is 0.475. The number of aromatic nitrogens is 1. The summed E-state index contributed by atoms with van der Waals surface area (Å²) < 4.78 is 0. The first-order chi connectivity index (χ1) is 9.69. The van der Waals surface area contributed by atoms with E-state index in [2.05, 4.69) is 4.98 Å². The Balaban J connectivity index is 2.31. The molecular formula is C16H9Cl2NO. The molecule has 0 unspecified atom stereocenters. The third kappa shape index (κ3) is 2.28. The predicted octanol–water partition coefficient (Wildman–Crippen LogP) is 5.02. The molecule has 20 heavy (non-hydrogen) atoms. The molecule has 0 aliphatic heterocycles. The van der Waals surface area contributed by atoms with Gasteiger partial charge < -0.3 is 0 Å². The average Bonchev–Trinajstić information content (AvgIpc) is 2.46. The van der Waals surface area contributed by atoms with Crippen molar-refractivity contribution in [2.45, 2.75) is 0 Å². The van der Waals surface area contributed by atoms with Crippen LogP contribution in [0, 0.1) is 0 Å². The molecular weight excluding hydrogens is 293 g/mol. The van der Waals surface area contributed by atoms with Gasteiger partial charge in [0.1, 0.15) is 0 Å². The fourth-order valence-electron chi connectivity index (χ4n) is 2.12. The lowest BCUT2D eigenvalue weighted by molar-refractivity contribution is 0.112. The van der Waals surface area contributed by atoms with E-state index < -0.39 is 0 Å². The van der Waals surface area contributed by atoms with Gasteiger partial charge in [0.15, 0.2) is 6.29 Å². The maximum atomic E-state index is 11.3. The molecule has 0 aliphatic rings. The molecule has 0 saturated carbocycles. The quantitative estimate of drug-likeness (QED) is 0.622. The molecule has 0 atom stereocenters. The van der Waals surface area contributed by atoms with Crippen LogP contribution in [0.4, 0.5) is 0 Å². The zero-order chi connectivity index (χ0) is 14.1. The van der Waals surface area contributed by atoms with Crippen LogP contribution >= 0.6 is 23.2 Å². The number of benzene rings is 2. The van der Waals surface area contributed by atoms with Gasteiger partial charge in [-0.25, -0.2) is 4.98 Å².